The van der Waals surface area contributed by atoms with Crippen molar-refractivity contribution >= 4 is 23.9 Å². The van der Waals surface area contributed by atoms with E-state index in [1.165, 1.54) is 13.2 Å². The number of aliphatic carboxylic acids is 1. The Bertz CT molecular complexity index is 607. The van der Waals surface area contributed by atoms with Gasteiger partial charge >= 0.3 is 11.9 Å². The molecule has 6 nitrogen and oxygen atoms in total. The van der Waals surface area contributed by atoms with Crippen LogP contribution in [0.1, 0.15) is 24.8 Å². The third-order valence-electron chi connectivity index (χ3n) is 3.13. The number of carbonyl (C=O) groups is 3. The number of carboxylic acids is 1. The van der Waals surface area contributed by atoms with Gasteiger partial charge in [0.2, 0.25) is 5.91 Å². The zero-order valence-corrected chi connectivity index (χ0v) is 13.5. The van der Waals surface area contributed by atoms with E-state index in [1.54, 1.807) is 12.2 Å². The lowest BCUT2D eigenvalue weighted by atomic mass is 10.1. The Labute approximate surface area is 140 Å². The first-order valence-corrected chi connectivity index (χ1v) is 7.53. The third-order valence-corrected chi connectivity index (χ3v) is 3.13. The molecule has 0 spiro atoms. The second kappa shape index (κ2) is 10.8. The van der Waals surface area contributed by atoms with E-state index in [-0.39, 0.29) is 19.3 Å². The Hall–Kier alpha value is -2.89. The van der Waals surface area contributed by atoms with Crippen LogP contribution in [0.2, 0.25) is 0 Å². The van der Waals surface area contributed by atoms with Crippen LogP contribution in [0, 0.1) is 0 Å². The number of nitrogens with one attached hydrogen (secondary N) is 1. The van der Waals surface area contributed by atoms with Crippen LogP contribution in [-0.2, 0) is 19.1 Å². The highest BCUT2D eigenvalue weighted by Crippen LogP contribution is 2.04. The first-order valence-electron chi connectivity index (χ1n) is 7.53. The van der Waals surface area contributed by atoms with Crippen molar-refractivity contribution in [2.45, 2.75) is 25.3 Å². The van der Waals surface area contributed by atoms with Crippen molar-refractivity contribution < 1.29 is 24.2 Å². The average molecular weight is 331 g/mol. The molecule has 1 atom stereocenters. The van der Waals surface area contributed by atoms with Crippen LogP contribution in [0.3, 0.4) is 0 Å². The minimum Gasteiger partial charge on any atom is -0.481 e. The number of rotatable bonds is 9. The Morgan fingerprint density at radius 2 is 1.92 bits per heavy atom. The van der Waals surface area contributed by atoms with E-state index in [9.17, 15) is 14.4 Å². The number of esters is 1. The lowest BCUT2D eigenvalue weighted by Crippen LogP contribution is -2.40. The van der Waals surface area contributed by atoms with Gasteiger partial charge in [0.25, 0.3) is 0 Å². The molecule has 0 saturated heterocycles. The average Bonchev–Trinajstić information content (AvgIpc) is 2.57. The molecule has 6 heteroatoms. The Morgan fingerprint density at radius 3 is 2.54 bits per heavy atom. The van der Waals surface area contributed by atoms with E-state index in [0.717, 1.165) is 5.56 Å². The smallest absolute Gasteiger partial charge is 0.328 e. The van der Waals surface area contributed by atoms with Crippen LogP contribution in [0.4, 0.5) is 0 Å². The fourth-order valence-corrected chi connectivity index (χ4v) is 1.94. The summed E-state index contributed by atoms with van der Waals surface area (Å²) in [5.41, 5.74) is 1.00. The highest BCUT2D eigenvalue weighted by atomic mass is 16.5. The van der Waals surface area contributed by atoms with E-state index in [0.29, 0.717) is 0 Å². The summed E-state index contributed by atoms with van der Waals surface area (Å²) < 4.78 is 4.62. The van der Waals surface area contributed by atoms with Gasteiger partial charge in [-0.15, -0.1) is 0 Å². The highest BCUT2D eigenvalue weighted by molar-refractivity contribution is 5.91. The Kier molecular flexibility index (Phi) is 8.60. The molecule has 0 aliphatic rings. The topological polar surface area (TPSA) is 92.7 Å². The molecule has 2 N–H and O–H groups in total. The maximum absolute atomic E-state index is 11.8. The minimum absolute atomic E-state index is 0.0704. The molecule has 0 heterocycles. The minimum atomic E-state index is -0.948. The molecule has 1 unspecified atom stereocenters. The number of ether oxygens (including phenoxy) is 1. The molecular formula is C18H21NO5. The number of methoxy groups -OCH3 is 1. The van der Waals surface area contributed by atoms with Crippen LogP contribution in [0.15, 0.2) is 48.6 Å². The number of hydrogen-bond acceptors (Lipinski definition) is 4. The summed E-state index contributed by atoms with van der Waals surface area (Å²) in [7, 11) is 1.22. The fourth-order valence-electron chi connectivity index (χ4n) is 1.94. The Morgan fingerprint density at radius 1 is 1.21 bits per heavy atom. The Balaban J connectivity index is 2.51. The van der Waals surface area contributed by atoms with Crippen molar-refractivity contribution in [3.05, 3.63) is 54.1 Å². The first kappa shape index (κ1) is 19.2. The second-order valence-electron chi connectivity index (χ2n) is 5.00. The number of hydrogen-bond donors (Lipinski definition) is 2. The predicted octanol–water partition coefficient (Wildman–Crippen LogP) is 2.17. The first-order chi connectivity index (χ1) is 11.5. The van der Waals surface area contributed by atoms with Crippen LogP contribution >= 0.6 is 0 Å². The van der Waals surface area contributed by atoms with Gasteiger partial charge < -0.3 is 15.2 Å². The van der Waals surface area contributed by atoms with Gasteiger partial charge in [-0.1, -0.05) is 48.6 Å². The van der Waals surface area contributed by atoms with Gasteiger partial charge in [-0.2, -0.15) is 0 Å². The van der Waals surface area contributed by atoms with Crippen molar-refractivity contribution in [2.75, 3.05) is 7.11 Å². The van der Waals surface area contributed by atoms with Gasteiger partial charge in [-0.3, -0.25) is 9.59 Å². The molecule has 1 amide bonds. The summed E-state index contributed by atoms with van der Waals surface area (Å²) >= 11 is 0. The van der Waals surface area contributed by atoms with Crippen LogP contribution in [-0.4, -0.2) is 36.1 Å². The number of carbonyl (C=O) groups excluding carboxylic acids is 2. The van der Waals surface area contributed by atoms with E-state index >= 15 is 0 Å². The normalized spacial score (nSPS) is 12.2. The van der Waals surface area contributed by atoms with Gasteiger partial charge in [0.1, 0.15) is 6.04 Å². The van der Waals surface area contributed by atoms with Gasteiger partial charge in [0.05, 0.1) is 7.11 Å². The van der Waals surface area contributed by atoms with Crippen LogP contribution in [0.25, 0.3) is 6.08 Å². The summed E-state index contributed by atoms with van der Waals surface area (Å²) in [6.45, 7) is 0. The molecule has 0 aliphatic heterocycles. The van der Waals surface area contributed by atoms with Crippen molar-refractivity contribution in [3.63, 3.8) is 0 Å². The summed E-state index contributed by atoms with van der Waals surface area (Å²) in [5, 5.41) is 11.1. The van der Waals surface area contributed by atoms with E-state index < -0.39 is 23.9 Å². The number of allylic oxidation sites excluding steroid dienone is 2. The number of benzene rings is 1. The summed E-state index contributed by atoms with van der Waals surface area (Å²) in [6, 6.07) is 8.74. The maximum Gasteiger partial charge on any atom is 0.328 e. The fraction of sp³-hybridized carbons (Fsp3) is 0.278. The van der Waals surface area contributed by atoms with Crippen molar-refractivity contribution in [3.8, 4) is 0 Å². The van der Waals surface area contributed by atoms with Crippen molar-refractivity contribution in [1.82, 2.24) is 5.32 Å². The molecule has 0 fully saturated rings. The molecule has 0 radical (unpaired) electrons. The quantitative estimate of drug-likeness (QED) is 0.411. The molecule has 1 aromatic rings. The summed E-state index contributed by atoms with van der Waals surface area (Å²) in [5.74, 6) is -1.99. The lowest BCUT2D eigenvalue weighted by molar-refractivity contribution is -0.145. The monoisotopic (exact) mass is 331 g/mol. The SMILES string of the molecule is COC(=O)C(CCCC(=O)O)NC(=O)C=CC=Cc1ccccc1. The third kappa shape index (κ3) is 7.93. The van der Waals surface area contributed by atoms with Gasteiger partial charge in [0, 0.05) is 12.5 Å². The zero-order valence-electron chi connectivity index (χ0n) is 13.5. The predicted molar refractivity (Wildman–Crippen MR) is 90.0 cm³/mol. The molecule has 0 saturated carbocycles. The van der Waals surface area contributed by atoms with Crippen molar-refractivity contribution in [1.29, 1.82) is 0 Å². The second-order valence-corrected chi connectivity index (χ2v) is 5.00. The van der Waals surface area contributed by atoms with E-state index in [1.807, 2.05) is 36.4 Å². The summed E-state index contributed by atoms with van der Waals surface area (Å²) in [6.07, 6.45) is 6.83. The molecule has 1 rings (SSSR count). The number of amides is 1. The zero-order chi connectivity index (χ0) is 17.8. The van der Waals surface area contributed by atoms with Crippen LogP contribution < -0.4 is 5.32 Å². The lowest BCUT2D eigenvalue weighted by Gasteiger charge is -2.14. The molecule has 0 bridgehead atoms. The molecule has 1 aromatic carbocycles. The molecule has 0 aromatic heterocycles. The standard InChI is InChI=1S/C18H21NO5/c1-24-18(23)15(11-7-13-17(21)22)19-16(20)12-6-5-10-14-8-3-2-4-9-14/h2-6,8-10,12,15H,7,11,13H2,1H3,(H,19,20)(H,21,22). The summed E-state index contributed by atoms with van der Waals surface area (Å²) in [4.78, 5) is 34.0. The van der Waals surface area contributed by atoms with E-state index in [2.05, 4.69) is 10.1 Å². The van der Waals surface area contributed by atoms with E-state index in [4.69, 9.17) is 5.11 Å². The van der Waals surface area contributed by atoms with Crippen LogP contribution in [0.5, 0.6) is 0 Å². The highest BCUT2D eigenvalue weighted by Gasteiger charge is 2.20. The molecule has 24 heavy (non-hydrogen) atoms. The van der Waals surface area contributed by atoms with Gasteiger partial charge in [0.15, 0.2) is 0 Å². The molecular weight excluding hydrogens is 310 g/mol. The van der Waals surface area contributed by atoms with Crippen molar-refractivity contribution in [2.24, 2.45) is 0 Å². The maximum atomic E-state index is 11.8. The van der Waals surface area contributed by atoms with Gasteiger partial charge in [-0.05, 0) is 18.4 Å². The number of carboxylic acid groups (broad SMARTS) is 1. The van der Waals surface area contributed by atoms with Gasteiger partial charge in [-0.25, -0.2) is 4.79 Å². The molecule has 128 valence electrons. The largest absolute Gasteiger partial charge is 0.481 e. The molecule has 0 aliphatic carbocycles.